The fourth-order valence-electron chi connectivity index (χ4n) is 5.11. The third-order valence-corrected chi connectivity index (χ3v) is 9.32. The molecule has 0 aliphatic heterocycles. The molecular formula is C54H68N12O6S2. The van der Waals surface area contributed by atoms with E-state index in [1.165, 1.54) is 47.3 Å². The number of nitrogens with one attached hydrogen (secondary N) is 6. The number of amides is 4. The fraction of sp³-hybridized carbons (Fsp3) is 0.222. The van der Waals surface area contributed by atoms with E-state index in [1.54, 1.807) is 42.0 Å². The SMILES string of the molecule is CC.CC.CC.CC.CC.CC.O=C(Nc1ccccc1)c1ccon1.O=C(Nc1nc2ccccc2[nH]1)c1ccon1.O=C(Nc1nccs1)c1ccccc1.O=C(Nc1nccs1)c1nc2ccccc2[nH]1. The lowest BCUT2D eigenvalue weighted by molar-refractivity contribution is 0.100. The Morgan fingerprint density at radius 1 is 0.446 bits per heavy atom. The van der Waals surface area contributed by atoms with Crippen LogP contribution in [0, 0.1) is 0 Å². The number of anilines is 4. The number of fused-ring (bicyclic) bond motifs is 2. The minimum absolute atomic E-state index is 0.124. The first-order chi connectivity index (χ1) is 36.4. The van der Waals surface area contributed by atoms with Crippen molar-refractivity contribution in [3.63, 3.8) is 0 Å². The molecule has 20 heteroatoms. The van der Waals surface area contributed by atoms with Crippen molar-refractivity contribution < 1.29 is 28.2 Å². The van der Waals surface area contributed by atoms with Gasteiger partial charge in [-0.3, -0.25) is 35.1 Å². The van der Waals surface area contributed by atoms with Gasteiger partial charge in [0.15, 0.2) is 27.5 Å². The summed E-state index contributed by atoms with van der Waals surface area (Å²) in [5, 5.41) is 22.5. The number of rotatable bonds is 8. The van der Waals surface area contributed by atoms with Gasteiger partial charge in [0.2, 0.25) is 5.95 Å². The predicted molar refractivity (Wildman–Crippen MR) is 302 cm³/mol. The van der Waals surface area contributed by atoms with Gasteiger partial charge in [0.1, 0.15) is 12.5 Å². The summed E-state index contributed by atoms with van der Waals surface area (Å²) in [7, 11) is 0. The number of thiazole rings is 2. The molecule has 0 saturated heterocycles. The van der Waals surface area contributed by atoms with Gasteiger partial charge in [0, 0.05) is 46.5 Å². The molecule has 0 atom stereocenters. The molecule has 0 saturated carbocycles. The van der Waals surface area contributed by atoms with E-state index in [1.807, 2.05) is 173 Å². The van der Waals surface area contributed by atoms with Crippen molar-refractivity contribution in [2.45, 2.75) is 83.1 Å². The number of carbonyl (C=O) groups is 4. The van der Waals surface area contributed by atoms with Crippen molar-refractivity contribution in [3.8, 4) is 0 Å². The number of para-hydroxylation sites is 5. The molecule has 74 heavy (non-hydrogen) atoms. The van der Waals surface area contributed by atoms with Gasteiger partial charge >= 0.3 is 0 Å². The Morgan fingerprint density at radius 3 is 1.32 bits per heavy atom. The summed E-state index contributed by atoms with van der Waals surface area (Å²) in [5.74, 6) is -0.361. The molecule has 6 aromatic heterocycles. The van der Waals surface area contributed by atoms with Crippen LogP contribution >= 0.6 is 22.7 Å². The highest BCUT2D eigenvalue weighted by Crippen LogP contribution is 2.16. The zero-order valence-corrected chi connectivity index (χ0v) is 45.6. The molecular weight excluding hydrogens is 977 g/mol. The van der Waals surface area contributed by atoms with E-state index in [0.29, 0.717) is 27.6 Å². The van der Waals surface area contributed by atoms with Crippen LogP contribution < -0.4 is 21.3 Å². The molecule has 10 rings (SSSR count). The van der Waals surface area contributed by atoms with Gasteiger partial charge in [-0.05, 0) is 48.5 Å². The third kappa shape index (κ3) is 22.2. The Bertz CT molecular complexity index is 2880. The van der Waals surface area contributed by atoms with Gasteiger partial charge in [-0.25, -0.2) is 19.9 Å². The predicted octanol–water partition coefficient (Wildman–Crippen LogP) is 14.6. The van der Waals surface area contributed by atoms with Crippen molar-refractivity contribution in [2.24, 2.45) is 0 Å². The summed E-state index contributed by atoms with van der Waals surface area (Å²) in [6.45, 7) is 24.0. The van der Waals surface area contributed by atoms with Crippen LogP contribution in [0.25, 0.3) is 22.1 Å². The summed E-state index contributed by atoms with van der Waals surface area (Å²) >= 11 is 2.77. The first kappa shape index (κ1) is 63.4. The van der Waals surface area contributed by atoms with E-state index < -0.39 is 0 Å². The third-order valence-electron chi connectivity index (χ3n) is 7.94. The largest absolute Gasteiger partial charge is 0.364 e. The van der Waals surface area contributed by atoms with Crippen LogP contribution in [-0.4, -0.2) is 63.8 Å². The lowest BCUT2D eigenvalue weighted by atomic mass is 10.2. The molecule has 4 amide bonds. The van der Waals surface area contributed by atoms with E-state index in [0.717, 1.165) is 27.8 Å². The molecule has 0 unspecified atom stereocenters. The highest BCUT2D eigenvalue weighted by Gasteiger charge is 2.13. The molecule has 0 radical (unpaired) electrons. The zero-order valence-electron chi connectivity index (χ0n) is 44.0. The van der Waals surface area contributed by atoms with Crippen LogP contribution in [0.3, 0.4) is 0 Å². The van der Waals surface area contributed by atoms with Crippen molar-refractivity contribution in [2.75, 3.05) is 21.3 Å². The number of imidazole rings is 2. The topological polar surface area (TPSA) is 252 Å². The Labute approximate surface area is 440 Å². The van der Waals surface area contributed by atoms with Gasteiger partial charge < -0.3 is 24.3 Å². The lowest BCUT2D eigenvalue weighted by Gasteiger charge is -2.00. The number of aromatic amines is 2. The van der Waals surface area contributed by atoms with Crippen molar-refractivity contribution in [3.05, 3.63) is 180 Å². The van der Waals surface area contributed by atoms with E-state index in [-0.39, 0.29) is 35.0 Å². The maximum Gasteiger partial charge on any atom is 0.293 e. The van der Waals surface area contributed by atoms with Gasteiger partial charge in [-0.2, -0.15) is 0 Å². The van der Waals surface area contributed by atoms with Crippen LogP contribution in [-0.2, 0) is 0 Å². The number of carbonyl (C=O) groups excluding carboxylic acids is 4. The molecule has 4 aromatic carbocycles. The summed E-state index contributed by atoms with van der Waals surface area (Å²) < 4.78 is 9.15. The van der Waals surface area contributed by atoms with Gasteiger partial charge in [0.25, 0.3) is 23.6 Å². The minimum Gasteiger partial charge on any atom is -0.364 e. The minimum atomic E-state index is -0.363. The lowest BCUT2D eigenvalue weighted by Crippen LogP contribution is -2.13. The number of nitrogens with zero attached hydrogens (tertiary/aromatic N) is 6. The molecule has 0 aliphatic carbocycles. The van der Waals surface area contributed by atoms with Crippen LogP contribution in [0.2, 0.25) is 0 Å². The number of aromatic nitrogens is 8. The second-order valence-corrected chi connectivity index (χ2v) is 14.0. The van der Waals surface area contributed by atoms with Crippen LogP contribution in [0.4, 0.5) is 21.9 Å². The van der Waals surface area contributed by atoms with Crippen LogP contribution in [0.5, 0.6) is 0 Å². The van der Waals surface area contributed by atoms with Gasteiger partial charge in [-0.15, -0.1) is 22.7 Å². The summed E-state index contributed by atoms with van der Waals surface area (Å²) in [6, 6.07) is 36.3. The molecule has 10 aromatic rings. The van der Waals surface area contributed by atoms with Crippen LogP contribution in [0.15, 0.2) is 166 Å². The molecule has 6 N–H and O–H groups in total. The Balaban J connectivity index is 0.000000462. The smallest absolute Gasteiger partial charge is 0.293 e. The molecule has 392 valence electrons. The van der Waals surface area contributed by atoms with Gasteiger partial charge in [-0.1, -0.05) is 154 Å². The average molecular weight is 1050 g/mol. The maximum atomic E-state index is 11.8. The first-order valence-electron chi connectivity index (χ1n) is 24.2. The first-order valence-corrected chi connectivity index (χ1v) is 26.0. The molecule has 0 fully saturated rings. The number of benzene rings is 4. The summed E-state index contributed by atoms with van der Waals surface area (Å²) in [5.41, 5.74) is 5.14. The quantitative estimate of drug-likeness (QED) is 0.0831. The molecule has 18 nitrogen and oxygen atoms in total. The Morgan fingerprint density at radius 2 is 0.878 bits per heavy atom. The summed E-state index contributed by atoms with van der Waals surface area (Å²) in [6.07, 6.45) is 6.00. The van der Waals surface area contributed by atoms with E-state index in [2.05, 4.69) is 70.5 Å². The van der Waals surface area contributed by atoms with Crippen molar-refractivity contribution >= 4 is 90.3 Å². The van der Waals surface area contributed by atoms with Crippen molar-refractivity contribution in [1.82, 2.24) is 40.2 Å². The molecule has 0 bridgehead atoms. The number of hydrogen-bond donors (Lipinski definition) is 6. The fourth-order valence-corrected chi connectivity index (χ4v) is 6.15. The summed E-state index contributed by atoms with van der Waals surface area (Å²) in [4.78, 5) is 68.8. The Hall–Kier alpha value is -8.62. The standard InChI is InChI=1S/C11H8N4O2.C11H8N4OS.C10H8N2O2.C10H8N2OS.6C2H6/c16-10(9-5-6-17-15-9)14-11-12-7-3-1-2-4-8(7)13-11;16-10(15-11-12-5-6-17-11)9-13-7-3-1-2-4-8(7)14-9;13-10(9-6-7-14-12-9)11-8-4-2-1-3-5-8;13-9(8-4-2-1-3-5-8)12-10-11-6-7-14-10;6*1-2/h1-6H,(H2,12,13,14,16);1-6H,(H,13,14)(H,12,15,16);1-7H,(H,11,13);1-7H,(H,11,12,13);6*1-2H3. The maximum absolute atomic E-state index is 11.8. The normalized spacial score (nSPS) is 9.03. The molecule has 0 aliphatic rings. The number of H-pyrrole nitrogens is 2. The average Bonchev–Trinajstić information content (AvgIpc) is 4.34. The van der Waals surface area contributed by atoms with Gasteiger partial charge in [0.05, 0.1) is 22.1 Å². The monoisotopic (exact) mass is 1040 g/mol. The van der Waals surface area contributed by atoms with E-state index in [4.69, 9.17) is 0 Å². The second-order valence-electron chi connectivity index (χ2n) is 12.2. The molecule has 6 heterocycles. The molecule has 0 spiro atoms. The van der Waals surface area contributed by atoms with Crippen LogP contribution in [0.1, 0.15) is 125 Å². The highest BCUT2D eigenvalue weighted by molar-refractivity contribution is 7.14. The number of hydrogen-bond acceptors (Lipinski definition) is 14. The van der Waals surface area contributed by atoms with E-state index >= 15 is 0 Å². The highest BCUT2D eigenvalue weighted by atomic mass is 32.1. The van der Waals surface area contributed by atoms with E-state index in [9.17, 15) is 19.2 Å². The van der Waals surface area contributed by atoms with Crippen molar-refractivity contribution in [1.29, 1.82) is 0 Å². The Kier molecular flexibility index (Phi) is 33.5. The second kappa shape index (κ2) is 39.0. The zero-order chi connectivity index (χ0) is 54.9.